The molecule has 0 radical (unpaired) electrons. The molecule has 0 amide bonds. The Hall–Kier alpha value is -1.50. The fourth-order valence-electron chi connectivity index (χ4n) is 3.93. The highest BCUT2D eigenvalue weighted by molar-refractivity contribution is 5.32. The molecular weight excluding hydrogens is 318 g/mol. The summed E-state index contributed by atoms with van der Waals surface area (Å²) in [6.07, 6.45) is 5.21. The van der Waals surface area contributed by atoms with Gasteiger partial charge in [-0.25, -0.2) is 0 Å². The normalized spacial score (nSPS) is 21.5. The van der Waals surface area contributed by atoms with Crippen LogP contribution in [0.1, 0.15) is 31.2 Å². The monoisotopic (exact) mass is 347 g/mol. The van der Waals surface area contributed by atoms with Gasteiger partial charge in [-0.1, -0.05) is 12.1 Å². The molecule has 0 atom stereocenters. The van der Waals surface area contributed by atoms with E-state index in [1.807, 2.05) is 12.1 Å². The first kappa shape index (κ1) is 18.3. The van der Waals surface area contributed by atoms with Gasteiger partial charge in [-0.2, -0.15) is 0 Å². The molecule has 0 aliphatic carbocycles. The zero-order valence-electron chi connectivity index (χ0n) is 14.8. The molecule has 2 heterocycles. The van der Waals surface area contributed by atoms with Crippen molar-refractivity contribution in [2.45, 2.75) is 38.2 Å². The zero-order valence-corrected chi connectivity index (χ0v) is 14.8. The largest absolute Gasteiger partial charge is 0.393 e. The summed E-state index contributed by atoms with van der Waals surface area (Å²) in [6.45, 7) is 6.59. The number of aliphatic hydroxyl groups excluding tert-OH is 1. The van der Waals surface area contributed by atoms with E-state index in [4.69, 9.17) is 0 Å². The first-order chi connectivity index (χ1) is 12.1. The Bertz CT molecular complexity index is 548. The van der Waals surface area contributed by atoms with Crippen LogP contribution in [-0.4, -0.2) is 65.2 Å². The lowest BCUT2D eigenvalue weighted by Crippen LogP contribution is -2.42. The predicted molar refractivity (Wildman–Crippen MR) is 97.6 cm³/mol. The van der Waals surface area contributed by atoms with Gasteiger partial charge in [0.1, 0.15) is 0 Å². The summed E-state index contributed by atoms with van der Waals surface area (Å²) in [6, 6.07) is 6.93. The van der Waals surface area contributed by atoms with Gasteiger partial charge in [0.15, 0.2) is 0 Å². The minimum Gasteiger partial charge on any atom is -0.393 e. The van der Waals surface area contributed by atoms with Crippen molar-refractivity contribution in [3.63, 3.8) is 0 Å². The average molecular weight is 347 g/mol. The van der Waals surface area contributed by atoms with Gasteiger partial charge in [0.2, 0.25) is 0 Å². The highest BCUT2D eigenvalue weighted by Crippen LogP contribution is 2.21. The molecule has 6 nitrogen and oxygen atoms in total. The van der Waals surface area contributed by atoms with Crippen LogP contribution in [0.5, 0.6) is 0 Å². The molecule has 1 N–H and O–H groups in total. The second-order valence-electron chi connectivity index (χ2n) is 7.49. The number of nitro benzene ring substituents is 1. The predicted octanol–water partition coefficient (Wildman–Crippen LogP) is 2.31. The summed E-state index contributed by atoms with van der Waals surface area (Å²) in [5.74, 6) is 0.783. The van der Waals surface area contributed by atoms with Gasteiger partial charge in [0, 0.05) is 38.3 Å². The van der Waals surface area contributed by atoms with Crippen molar-refractivity contribution < 1.29 is 10.0 Å². The van der Waals surface area contributed by atoms with Gasteiger partial charge in [0.05, 0.1) is 11.0 Å². The van der Waals surface area contributed by atoms with Crippen molar-refractivity contribution in [3.05, 3.63) is 39.9 Å². The van der Waals surface area contributed by atoms with Gasteiger partial charge < -0.3 is 14.9 Å². The number of nitro groups is 1. The van der Waals surface area contributed by atoms with E-state index in [1.165, 1.54) is 24.9 Å². The van der Waals surface area contributed by atoms with Crippen LogP contribution in [0.15, 0.2) is 24.3 Å². The van der Waals surface area contributed by atoms with Crippen molar-refractivity contribution in [1.29, 1.82) is 0 Å². The quantitative estimate of drug-likeness (QED) is 0.632. The molecule has 0 unspecified atom stereocenters. The van der Waals surface area contributed by atoms with E-state index in [9.17, 15) is 15.2 Å². The first-order valence-electron chi connectivity index (χ1n) is 9.46. The van der Waals surface area contributed by atoms with E-state index in [-0.39, 0.29) is 16.7 Å². The molecule has 0 spiro atoms. The van der Waals surface area contributed by atoms with E-state index in [2.05, 4.69) is 9.80 Å². The molecule has 2 fully saturated rings. The van der Waals surface area contributed by atoms with Crippen molar-refractivity contribution in [3.8, 4) is 0 Å². The van der Waals surface area contributed by atoms with Crippen LogP contribution in [0.2, 0.25) is 0 Å². The Balaban J connectivity index is 1.35. The summed E-state index contributed by atoms with van der Waals surface area (Å²) in [4.78, 5) is 15.4. The number of non-ortho nitro benzene ring substituents is 1. The SMILES string of the molecule is O=[N+]([O-])c1ccc(CCN2CCC(CN3CCC(O)CC3)CC2)cc1. The Labute approximate surface area is 149 Å². The highest BCUT2D eigenvalue weighted by Gasteiger charge is 2.23. The van der Waals surface area contributed by atoms with Crippen LogP contribution >= 0.6 is 0 Å². The summed E-state index contributed by atoms with van der Waals surface area (Å²) in [7, 11) is 0. The number of hydrogen-bond donors (Lipinski definition) is 1. The molecule has 2 aliphatic rings. The van der Waals surface area contributed by atoms with Crippen molar-refractivity contribution in [2.75, 3.05) is 39.3 Å². The lowest BCUT2D eigenvalue weighted by molar-refractivity contribution is -0.384. The van der Waals surface area contributed by atoms with E-state index in [0.717, 1.165) is 57.9 Å². The third-order valence-electron chi connectivity index (χ3n) is 5.64. The third-order valence-corrected chi connectivity index (χ3v) is 5.64. The summed E-state index contributed by atoms with van der Waals surface area (Å²) in [5.41, 5.74) is 1.33. The van der Waals surface area contributed by atoms with Crippen LogP contribution in [0.4, 0.5) is 5.69 Å². The van der Waals surface area contributed by atoms with E-state index in [1.54, 1.807) is 12.1 Å². The molecule has 0 saturated carbocycles. The number of hydrogen-bond acceptors (Lipinski definition) is 5. The molecule has 0 bridgehead atoms. The molecule has 1 aromatic rings. The molecule has 2 aliphatic heterocycles. The lowest BCUT2D eigenvalue weighted by atomic mass is 9.94. The number of aliphatic hydroxyl groups is 1. The molecule has 2 saturated heterocycles. The fraction of sp³-hybridized carbons (Fsp3) is 0.684. The number of likely N-dealkylation sites (tertiary alicyclic amines) is 2. The standard InChI is InChI=1S/C19H29N3O3/c23-19-8-13-21(14-9-19)15-17-6-11-20(12-7-17)10-5-16-1-3-18(4-2-16)22(24)25/h1-4,17,19,23H,5-15H2. The maximum atomic E-state index is 10.7. The molecule has 3 rings (SSSR count). The van der Waals surface area contributed by atoms with Gasteiger partial charge >= 0.3 is 0 Å². The molecule has 6 heteroatoms. The maximum Gasteiger partial charge on any atom is 0.269 e. The lowest BCUT2D eigenvalue weighted by Gasteiger charge is -2.37. The van der Waals surface area contributed by atoms with Gasteiger partial charge in [-0.3, -0.25) is 10.1 Å². The van der Waals surface area contributed by atoms with Crippen molar-refractivity contribution >= 4 is 5.69 Å². The van der Waals surface area contributed by atoms with Crippen LogP contribution in [0, 0.1) is 16.0 Å². The molecule has 1 aromatic carbocycles. The van der Waals surface area contributed by atoms with Gasteiger partial charge in [-0.15, -0.1) is 0 Å². The highest BCUT2D eigenvalue weighted by atomic mass is 16.6. The number of piperidine rings is 2. The zero-order chi connectivity index (χ0) is 17.6. The summed E-state index contributed by atoms with van der Waals surface area (Å²) in [5, 5.41) is 20.3. The maximum absolute atomic E-state index is 10.7. The van der Waals surface area contributed by atoms with Crippen LogP contribution in [-0.2, 0) is 6.42 Å². The first-order valence-corrected chi connectivity index (χ1v) is 9.46. The minimum atomic E-state index is -0.350. The van der Waals surface area contributed by atoms with Gasteiger partial charge in [0.25, 0.3) is 5.69 Å². The summed E-state index contributed by atoms with van der Waals surface area (Å²) < 4.78 is 0. The van der Waals surface area contributed by atoms with Crippen LogP contribution in [0.25, 0.3) is 0 Å². The summed E-state index contributed by atoms with van der Waals surface area (Å²) >= 11 is 0. The second kappa shape index (κ2) is 8.74. The Morgan fingerprint density at radius 2 is 1.60 bits per heavy atom. The Morgan fingerprint density at radius 3 is 2.20 bits per heavy atom. The molecule has 25 heavy (non-hydrogen) atoms. The van der Waals surface area contributed by atoms with Crippen LogP contribution in [0.3, 0.4) is 0 Å². The van der Waals surface area contributed by atoms with E-state index >= 15 is 0 Å². The number of benzene rings is 1. The Kier molecular flexibility index (Phi) is 6.39. The van der Waals surface area contributed by atoms with Crippen LogP contribution < -0.4 is 0 Å². The number of rotatable bonds is 6. The molecular formula is C19H29N3O3. The van der Waals surface area contributed by atoms with E-state index in [0.29, 0.717) is 0 Å². The second-order valence-corrected chi connectivity index (χ2v) is 7.49. The Morgan fingerprint density at radius 1 is 1.00 bits per heavy atom. The fourth-order valence-corrected chi connectivity index (χ4v) is 3.93. The van der Waals surface area contributed by atoms with E-state index < -0.39 is 0 Å². The van der Waals surface area contributed by atoms with Crippen molar-refractivity contribution in [1.82, 2.24) is 9.80 Å². The third kappa shape index (κ3) is 5.49. The molecule has 0 aromatic heterocycles. The minimum absolute atomic E-state index is 0.0856. The number of nitrogens with zero attached hydrogens (tertiary/aromatic N) is 3. The van der Waals surface area contributed by atoms with Gasteiger partial charge in [-0.05, 0) is 56.7 Å². The smallest absolute Gasteiger partial charge is 0.269 e. The van der Waals surface area contributed by atoms with Crippen molar-refractivity contribution in [2.24, 2.45) is 5.92 Å². The molecule has 138 valence electrons. The average Bonchev–Trinajstić information content (AvgIpc) is 2.63. The topological polar surface area (TPSA) is 69.9 Å².